The molecule has 0 unspecified atom stereocenters. The Hall–Kier alpha value is -3.56. The Morgan fingerprint density at radius 2 is 2.00 bits per heavy atom. The second kappa shape index (κ2) is 11.0. The zero-order valence-corrected chi connectivity index (χ0v) is 20.3. The molecule has 9 heteroatoms. The van der Waals surface area contributed by atoms with Crippen molar-refractivity contribution in [3.63, 3.8) is 0 Å². The van der Waals surface area contributed by atoms with Crippen LogP contribution in [0.25, 0.3) is 23.1 Å². The van der Waals surface area contributed by atoms with E-state index in [0.29, 0.717) is 24.4 Å². The Morgan fingerprint density at radius 3 is 2.79 bits per heavy atom. The number of nitrogens with zero attached hydrogens (tertiary/aromatic N) is 1. The number of thiol groups is 1. The van der Waals surface area contributed by atoms with Gasteiger partial charge < -0.3 is 16.0 Å². The van der Waals surface area contributed by atoms with E-state index >= 15 is 0 Å². The van der Waals surface area contributed by atoms with Crippen LogP contribution >= 0.6 is 24.0 Å². The molecule has 174 valence electrons. The minimum atomic E-state index is -0.266. The van der Waals surface area contributed by atoms with Crippen molar-refractivity contribution in [2.75, 3.05) is 22.9 Å². The smallest absolute Gasteiger partial charge is 0.319 e. The first-order chi connectivity index (χ1) is 16.5. The number of rotatable bonds is 8. The molecule has 4 rings (SSSR count). The molecule has 0 aliphatic heterocycles. The minimum absolute atomic E-state index is 0.0480. The minimum Gasteiger partial charge on any atom is -0.337 e. The summed E-state index contributed by atoms with van der Waals surface area (Å²) in [6, 6.07) is 15.1. The maximum atomic E-state index is 12.5. The summed E-state index contributed by atoms with van der Waals surface area (Å²) < 4.78 is 0. The summed E-state index contributed by atoms with van der Waals surface area (Å²) in [5.74, 6) is 0.529. The Bertz CT molecular complexity index is 1330. The second-order valence-corrected chi connectivity index (χ2v) is 9.17. The molecule has 0 spiro atoms. The molecule has 2 heterocycles. The average Bonchev–Trinajstić information content (AvgIpc) is 3.46. The van der Waals surface area contributed by atoms with E-state index in [0.717, 1.165) is 38.3 Å². The van der Waals surface area contributed by atoms with Crippen molar-refractivity contribution in [2.24, 2.45) is 0 Å². The number of nitrogens with one attached hydrogen (secondary N) is 4. The van der Waals surface area contributed by atoms with E-state index in [-0.39, 0.29) is 11.9 Å². The molecule has 4 aromatic rings. The molecular formula is C25H25N5O2S2. The first-order valence-corrected chi connectivity index (χ1v) is 12.3. The van der Waals surface area contributed by atoms with Crippen molar-refractivity contribution in [1.82, 2.24) is 15.5 Å². The molecule has 0 fully saturated rings. The van der Waals surface area contributed by atoms with Gasteiger partial charge in [0, 0.05) is 33.9 Å². The van der Waals surface area contributed by atoms with Gasteiger partial charge in [-0.3, -0.25) is 9.89 Å². The van der Waals surface area contributed by atoms with Gasteiger partial charge in [0.2, 0.25) is 5.91 Å². The van der Waals surface area contributed by atoms with E-state index in [4.69, 9.17) is 0 Å². The number of H-pyrrole nitrogens is 1. The van der Waals surface area contributed by atoms with Gasteiger partial charge in [-0.1, -0.05) is 24.3 Å². The van der Waals surface area contributed by atoms with E-state index in [9.17, 15) is 9.59 Å². The van der Waals surface area contributed by atoms with Gasteiger partial charge in [0.05, 0.1) is 17.6 Å². The third-order valence-electron chi connectivity index (χ3n) is 5.10. The molecule has 0 bridgehead atoms. The number of fused-ring (bicyclic) bond motifs is 1. The highest BCUT2D eigenvalue weighted by Gasteiger charge is 2.11. The zero-order chi connectivity index (χ0) is 23.9. The third kappa shape index (κ3) is 6.06. The summed E-state index contributed by atoms with van der Waals surface area (Å²) in [6.07, 6.45) is 4.19. The molecule has 0 aliphatic carbocycles. The van der Waals surface area contributed by atoms with E-state index in [1.54, 1.807) is 11.3 Å². The first-order valence-electron chi connectivity index (χ1n) is 10.8. The van der Waals surface area contributed by atoms with Crippen LogP contribution in [0.5, 0.6) is 0 Å². The van der Waals surface area contributed by atoms with Crippen LogP contribution < -0.4 is 16.0 Å². The lowest BCUT2D eigenvalue weighted by molar-refractivity contribution is -0.115. The molecule has 2 aromatic carbocycles. The number of thiophene rings is 1. The van der Waals surface area contributed by atoms with Crippen molar-refractivity contribution in [2.45, 2.75) is 13.3 Å². The van der Waals surface area contributed by atoms with Crippen LogP contribution in [-0.4, -0.2) is 34.4 Å². The number of benzene rings is 2. The zero-order valence-electron chi connectivity index (χ0n) is 18.6. The number of aromatic amines is 1. The van der Waals surface area contributed by atoms with Crippen molar-refractivity contribution < 1.29 is 9.59 Å². The summed E-state index contributed by atoms with van der Waals surface area (Å²) in [5.41, 5.74) is 4.99. The largest absolute Gasteiger partial charge is 0.337 e. The summed E-state index contributed by atoms with van der Waals surface area (Å²) in [6.45, 7) is 2.46. The molecule has 3 amide bonds. The molecule has 7 nitrogen and oxygen atoms in total. The van der Waals surface area contributed by atoms with Crippen LogP contribution in [-0.2, 0) is 11.2 Å². The van der Waals surface area contributed by atoms with Crippen molar-refractivity contribution in [3.05, 3.63) is 75.6 Å². The number of hydrogen-bond donors (Lipinski definition) is 5. The van der Waals surface area contributed by atoms with Crippen LogP contribution in [0.1, 0.15) is 21.7 Å². The topological polar surface area (TPSA) is 98.9 Å². The number of anilines is 2. The maximum absolute atomic E-state index is 12.5. The molecule has 4 N–H and O–H groups in total. The molecule has 2 aromatic heterocycles. The summed E-state index contributed by atoms with van der Waals surface area (Å²) in [5, 5.41) is 18.9. The summed E-state index contributed by atoms with van der Waals surface area (Å²) in [7, 11) is 0. The lowest BCUT2D eigenvalue weighted by Gasteiger charge is -2.08. The van der Waals surface area contributed by atoms with Gasteiger partial charge in [0.25, 0.3) is 0 Å². The lowest BCUT2D eigenvalue weighted by Crippen LogP contribution is -2.30. The van der Waals surface area contributed by atoms with Gasteiger partial charge >= 0.3 is 6.03 Å². The Kier molecular flexibility index (Phi) is 7.66. The van der Waals surface area contributed by atoms with E-state index in [2.05, 4.69) is 38.8 Å². The number of carbonyl (C=O) groups excluding carboxylic acids is 2. The van der Waals surface area contributed by atoms with E-state index in [1.807, 2.05) is 73.0 Å². The molecule has 0 atom stereocenters. The Labute approximate surface area is 207 Å². The average molecular weight is 492 g/mol. The predicted octanol–water partition coefficient (Wildman–Crippen LogP) is 5.34. The van der Waals surface area contributed by atoms with Crippen LogP contribution in [0.2, 0.25) is 0 Å². The van der Waals surface area contributed by atoms with Gasteiger partial charge in [0.1, 0.15) is 0 Å². The van der Waals surface area contributed by atoms with E-state index < -0.39 is 0 Å². The van der Waals surface area contributed by atoms with Gasteiger partial charge in [0.15, 0.2) is 0 Å². The van der Waals surface area contributed by atoms with E-state index in [1.165, 1.54) is 0 Å². The van der Waals surface area contributed by atoms with Gasteiger partial charge in [-0.05, 0) is 59.8 Å². The number of amides is 3. The van der Waals surface area contributed by atoms with Gasteiger partial charge in [-0.25, -0.2) is 4.79 Å². The first kappa shape index (κ1) is 23.6. The second-order valence-electron chi connectivity index (χ2n) is 7.69. The fourth-order valence-electron chi connectivity index (χ4n) is 3.46. The van der Waals surface area contributed by atoms with Crippen molar-refractivity contribution >= 4 is 70.3 Å². The quantitative estimate of drug-likeness (QED) is 0.215. The van der Waals surface area contributed by atoms with Crippen LogP contribution in [0.15, 0.2) is 53.9 Å². The lowest BCUT2D eigenvalue weighted by atomic mass is 10.1. The number of aromatic nitrogens is 2. The monoisotopic (exact) mass is 491 g/mol. The van der Waals surface area contributed by atoms with Crippen molar-refractivity contribution in [1.29, 1.82) is 0 Å². The molecule has 0 saturated carbocycles. The summed E-state index contributed by atoms with van der Waals surface area (Å²) in [4.78, 5) is 25.4. The fourth-order valence-corrected chi connectivity index (χ4v) is 4.28. The van der Waals surface area contributed by atoms with Crippen LogP contribution in [0.4, 0.5) is 16.2 Å². The highest BCUT2D eigenvalue weighted by atomic mass is 32.1. The predicted molar refractivity (Wildman–Crippen MR) is 144 cm³/mol. The molecular weight excluding hydrogens is 466 g/mol. The molecule has 34 heavy (non-hydrogen) atoms. The summed E-state index contributed by atoms with van der Waals surface area (Å²) >= 11 is 5.66. The van der Waals surface area contributed by atoms with Crippen LogP contribution in [0, 0.1) is 6.92 Å². The number of urea groups is 1. The van der Waals surface area contributed by atoms with Gasteiger partial charge in [-0.15, -0.1) is 11.3 Å². The molecule has 0 aliphatic rings. The Morgan fingerprint density at radius 1 is 1.12 bits per heavy atom. The molecule has 0 radical (unpaired) electrons. The fraction of sp³-hybridized carbons (Fsp3) is 0.160. The number of carbonyl (C=O) groups is 2. The maximum Gasteiger partial charge on any atom is 0.319 e. The highest BCUT2D eigenvalue weighted by molar-refractivity contribution is 7.80. The van der Waals surface area contributed by atoms with Gasteiger partial charge in [-0.2, -0.15) is 17.7 Å². The standard InChI is InChI=1S/C25H25N5O2S2/c1-16-12-23-20(15-22(16)28-24(31)14-19-6-3-11-34-19)21(29-30-23)8-7-17-4-2-5-18(13-17)27-25(32)26-9-10-33/h2-8,11-13,15,33H,9-10,14H2,1H3,(H,28,31)(H,29,30)(H2,26,27,32)/b8-7+. The van der Waals surface area contributed by atoms with Crippen molar-refractivity contribution in [3.8, 4) is 0 Å². The van der Waals surface area contributed by atoms with Crippen LogP contribution in [0.3, 0.4) is 0 Å². The Balaban J connectivity index is 1.50. The highest BCUT2D eigenvalue weighted by Crippen LogP contribution is 2.26. The SMILES string of the molecule is Cc1cc2[nH]nc(/C=C/c3cccc(NC(=O)NCCS)c3)c2cc1NC(=O)Cc1cccs1. The normalized spacial score (nSPS) is 11.1. The molecule has 0 saturated heterocycles. The number of aryl methyl sites for hydroxylation is 1. The third-order valence-corrected chi connectivity index (χ3v) is 6.20. The number of hydrogen-bond acceptors (Lipinski definition) is 5.